The highest BCUT2D eigenvalue weighted by atomic mass is 16.5. The SMILES string of the molecule is COC(=O)C(C)n1c(=O)c2c(nc3n(-c4ccc(C)c(C)c4)c(C)cn23)n(C)c1=O. The predicted molar refractivity (Wildman–Crippen MR) is 112 cm³/mol. The van der Waals surface area contributed by atoms with E-state index in [2.05, 4.69) is 11.1 Å². The maximum absolute atomic E-state index is 13.3. The van der Waals surface area contributed by atoms with E-state index in [9.17, 15) is 14.4 Å². The third-order valence-corrected chi connectivity index (χ3v) is 5.65. The number of aryl methyl sites for hydroxylation is 4. The molecule has 0 saturated carbocycles. The number of benzene rings is 1. The second-order valence-corrected chi connectivity index (χ2v) is 7.54. The van der Waals surface area contributed by atoms with Gasteiger partial charge in [0.1, 0.15) is 6.04 Å². The van der Waals surface area contributed by atoms with Crippen LogP contribution in [0.5, 0.6) is 0 Å². The van der Waals surface area contributed by atoms with Crippen molar-refractivity contribution in [2.24, 2.45) is 7.05 Å². The van der Waals surface area contributed by atoms with Crippen LogP contribution in [-0.2, 0) is 16.6 Å². The zero-order valence-corrected chi connectivity index (χ0v) is 17.8. The lowest BCUT2D eigenvalue weighted by Gasteiger charge is -2.13. The first-order chi connectivity index (χ1) is 14.2. The molecule has 0 bridgehead atoms. The molecule has 1 aromatic carbocycles. The molecular weight excluding hydrogens is 386 g/mol. The summed E-state index contributed by atoms with van der Waals surface area (Å²) in [5.74, 6) is -0.153. The molecule has 0 N–H and O–H groups in total. The van der Waals surface area contributed by atoms with Gasteiger partial charge in [-0.1, -0.05) is 6.07 Å². The standard InChI is InChI=1S/C21H23N5O4/c1-11-7-8-15(9-12(11)2)25-13(3)10-24-16-17(22-20(24)25)23(5)21(29)26(18(16)27)14(4)19(28)30-6/h7-10,14H,1-6H3. The molecule has 3 heterocycles. The quantitative estimate of drug-likeness (QED) is 0.481. The van der Waals surface area contributed by atoms with Crippen LogP contribution in [0.2, 0.25) is 0 Å². The van der Waals surface area contributed by atoms with Gasteiger partial charge in [-0.2, -0.15) is 4.98 Å². The number of fused-ring (bicyclic) bond motifs is 3. The van der Waals surface area contributed by atoms with Crippen LogP contribution in [0.3, 0.4) is 0 Å². The molecule has 0 saturated heterocycles. The number of ether oxygens (including phenoxy) is 1. The zero-order chi connectivity index (χ0) is 21.9. The average molecular weight is 409 g/mol. The molecule has 4 rings (SSSR count). The van der Waals surface area contributed by atoms with Crippen molar-refractivity contribution in [2.45, 2.75) is 33.7 Å². The molecule has 0 aliphatic rings. The van der Waals surface area contributed by atoms with Gasteiger partial charge in [0.2, 0.25) is 5.78 Å². The van der Waals surface area contributed by atoms with E-state index < -0.39 is 23.3 Å². The molecular formula is C21H23N5O4. The molecule has 1 atom stereocenters. The van der Waals surface area contributed by atoms with E-state index in [1.54, 1.807) is 10.6 Å². The Bertz CT molecular complexity index is 1450. The van der Waals surface area contributed by atoms with Gasteiger partial charge in [-0.3, -0.25) is 18.3 Å². The lowest BCUT2D eigenvalue weighted by Crippen LogP contribution is -2.43. The Balaban J connectivity index is 2.10. The highest BCUT2D eigenvalue weighted by molar-refractivity contribution is 5.78. The molecule has 0 radical (unpaired) electrons. The number of imidazole rings is 2. The van der Waals surface area contributed by atoms with Crippen molar-refractivity contribution in [3.8, 4) is 5.69 Å². The highest BCUT2D eigenvalue weighted by Crippen LogP contribution is 2.22. The third-order valence-electron chi connectivity index (χ3n) is 5.65. The summed E-state index contributed by atoms with van der Waals surface area (Å²) in [6.45, 7) is 7.47. The Morgan fingerprint density at radius 3 is 2.47 bits per heavy atom. The van der Waals surface area contributed by atoms with E-state index in [-0.39, 0.29) is 11.2 Å². The van der Waals surface area contributed by atoms with Crippen molar-refractivity contribution in [1.82, 2.24) is 23.1 Å². The Morgan fingerprint density at radius 1 is 1.13 bits per heavy atom. The van der Waals surface area contributed by atoms with Gasteiger partial charge in [-0.05, 0) is 51.0 Å². The predicted octanol–water partition coefficient (Wildman–Crippen LogP) is 1.80. The van der Waals surface area contributed by atoms with Crippen LogP contribution < -0.4 is 11.2 Å². The number of rotatable bonds is 3. The normalized spacial score (nSPS) is 12.6. The minimum atomic E-state index is -1.06. The van der Waals surface area contributed by atoms with Crippen molar-refractivity contribution in [1.29, 1.82) is 0 Å². The molecule has 9 heteroatoms. The topological polar surface area (TPSA) is 92.5 Å². The Morgan fingerprint density at radius 2 is 1.83 bits per heavy atom. The number of hydrogen-bond donors (Lipinski definition) is 0. The highest BCUT2D eigenvalue weighted by Gasteiger charge is 2.26. The molecule has 3 aromatic heterocycles. The Labute approximate surface area is 171 Å². The fourth-order valence-electron chi connectivity index (χ4n) is 3.78. The van der Waals surface area contributed by atoms with E-state index in [1.807, 2.05) is 37.5 Å². The second-order valence-electron chi connectivity index (χ2n) is 7.54. The van der Waals surface area contributed by atoms with Crippen LogP contribution in [-0.4, -0.2) is 36.2 Å². The summed E-state index contributed by atoms with van der Waals surface area (Å²) < 4.78 is 10.5. The lowest BCUT2D eigenvalue weighted by molar-refractivity contribution is -0.144. The summed E-state index contributed by atoms with van der Waals surface area (Å²) in [4.78, 5) is 42.7. The van der Waals surface area contributed by atoms with E-state index in [1.165, 1.54) is 31.2 Å². The van der Waals surface area contributed by atoms with Crippen LogP contribution in [0.25, 0.3) is 22.6 Å². The van der Waals surface area contributed by atoms with Gasteiger partial charge >= 0.3 is 11.7 Å². The van der Waals surface area contributed by atoms with Gasteiger partial charge in [0.25, 0.3) is 5.56 Å². The fraction of sp³-hybridized carbons (Fsp3) is 0.333. The van der Waals surface area contributed by atoms with Gasteiger partial charge in [0.05, 0.1) is 7.11 Å². The molecule has 0 fully saturated rings. The number of esters is 1. The minimum absolute atomic E-state index is 0.230. The zero-order valence-electron chi connectivity index (χ0n) is 17.8. The molecule has 30 heavy (non-hydrogen) atoms. The second kappa shape index (κ2) is 6.72. The number of carbonyl (C=O) groups is 1. The monoisotopic (exact) mass is 409 g/mol. The van der Waals surface area contributed by atoms with Crippen molar-refractivity contribution in [3.63, 3.8) is 0 Å². The van der Waals surface area contributed by atoms with Gasteiger partial charge in [-0.25, -0.2) is 14.2 Å². The molecule has 156 valence electrons. The van der Waals surface area contributed by atoms with Gasteiger partial charge in [-0.15, -0.1) is 0 Å². The maximum Gasteiger partial charge on any atom is 0.333 e. The van der Waals surface area contributed by atoms with E-state index in [0.717, 1.165) is 21.5 Å². The molecule has 1 unspecified atom stereocenters. The number of nitrogens with zero attached hydrogens (tertiary/aromatic N) is 5. The summed E-state index contributed by atoms with van der Waals surface area (Å²) in [7, 11) is 2.75. The number of aromatic nitrogens is 5. The summed E-state index contributed by atoms with van der Waals surface area (Å²) in [5, 5.41) is 0. The molecule has 0 aliphatic carbocycles. The van der Waals surface area contributed by atoms with Gasteiger partial charge in [0, 0.05) is 24.6 Å². The summed E-state index contributed by atoms with van der Waals surface area (Å²) >= 11 is 0. The summed E-state index contributed by atoms with van der Waals surface area (Å²) in [5.41, 5.74) is 3.38. The van der Waals surface area contributed by atoms with Crippen molar-refractivity contribution >= 4 is 22.9 Å². The van der Waals surface area contributed by atoms with Crippen molar-refractivity contribution < 1.29 is 9.53 Å². The molecule has 0 aliphatic heterocycles. The summed E-state index contributed by atoms with van der Waals surface area (Å²) in [6, 6.07) is 5.02. The molecule has 9 nitrogen and oxygen atoms in total. The first kappa shape index (κ1) is 19.7. The van der Waals surface area contributed by atoms with Gasteiger partial charge < -0.3 is 4.74 Å². The summed E-state index contributed by atoms with van der Waals surface area (Å²) in [6.07, 6.45) is 1.80. The average Bonchev–Trinajstić information content (AvgIpc) is 3.22. The van der Waals surface area contributed by atoms with Crippen LogP contribution in [0.15, 0.2) is 34.0 Å². The molecule has 0 amide bonds. The first-order valence-electron chi connectivity index (χ1n) is 9.54. The van der Waals surface area contributed by atoms with E-state index >= 15 is 0 Å². The fourth-order valence-corrected chi connectivity index (χ4v) is 3.78. The largest absolute Gasteiger partial charge is 0.467 e. The Kier molecular flexibility index (Phi) is 4.41. The molecule has 0 spiro atoms. The molecule has 4 aromatic rings. The Hall–Kier alpha value is -3.62. The smallest absolute Gasteiger partial charge is 0.333 e. The van der Waals surface area contributed by atoms with E-state index in [0.29, 0.717) is 5.78 Å². The number of methoxy groups -OCH3 is 1. The number of carbonyl (C=O) groups excluding carboxylic acids is 1. The third kappa shape index (κ3) is 2.62. The van der Waals surface area contributed by atoms with Crippen LogP contribution in [0.4, 0.5) is 0 Å². The first-order valence-corrected chi connectivity index (χ1v) is 9.54. The maximum atomic E-state index is 13.3. The van der Waals surface area contributed by atoms with Crippen LogP contribution in [0.1, 0.15) is 29.8 Å². The van der Waals surface area contributed by atoms with Crippen molar-refractivity contribution in [2.75, 3.05) is 7.11 Å². The minimum Gasteiger partial charge on any atom is -0.467 e. The number of hydrogen-bond acceptors (Lipinski definition) is 5. The van der Waals surface area contributed by atoms with Crippen molar-refractivity contribution in [3.05, 3.63) is 62.1 Å². The van der Waals surface area contributed by atoms with E-state index in [4.69, 9.17) is 4.74 Å². The lowest BCUT2D eigenvalue weighted by atomic mass is 10.1. The van der Waals surface area contributed by atoms with Crippen LogP contribution in [0, 0.1) is 20.8 Å². The van der Waals surface area contributed by atoms with Gasteiger partial charge in [0.15, 0.2) is 11.2 Å². The van der Waals surface area contributed by atoms with Crippen LogP contribution >= 0.6 is 0 Å².